The van der Waals surface area contributed by atoms with Gasteiger partial charge in [0.25, 0.3) is 0 Å². The summed E-state index contributed by atoms with van der Waals surface area (Å²) in [5.74, 6) is 2.21. The van der Waals surface area contributed by atoms with Gasteiger partial charge in [-0.15, -0.1) is 0 Å². The summed E-state index contributed by atoms with van der Waals surface area (Å²) in [6.07, 6.45) is 7.73. The van der Waals surface area contributed by atoms with Crippen LogP contribution in [0.25, 0.3) is 6.08 Å². The Balaban J connectivity index is 1.79. The highest BCUT2D eigenvalue weighted by molar-refractivity contribution is 6.03. The first-order chi connectivity index (χ1) is 10.3. The van der Waals surface area contributed by atoms with Gasteiger partial charge in [-0.1, -0.05) is 12.2 Å². The first-order valence-corrected chi connectivity index (χ1v) is 7.54. The van der Waals surface area contributed by atoms with Crippen LogP contribution in [-0.4, -0.2) is 32.6 Å². The molecule has 0 atom stereocenters. The molecular weight excluding hydrogens is 266 g/mol. The maximum atomic E-state index is 11.7. The molecule has 112 valence electrons. The third-order valence-electron chi connectivity index (χ3n) is 4.24. The Labute approximate surface area is 125 Å². The van der Waals surface area contributed by atoms with E-state index >= 15 is 0 Å². The number of carbonyl (C=O) groups is 1. The lowest BCUT2D eigenvalue weighted by Gasteiger charge is -2.21. The monoisotopic (exact) mass is 287 g/mol. The Kier molecular flexibility index (Phi) is 4.25. The molecule has 2 heterocycles. The van der Waals surface area contributed by atoms with Crippen LogP contribution in [0.4, 0.5) is 0 Å². The second kappa shape index (κ2) is 6.31. The van der Waals surface area contributed by atoms with E-state index in [0.29, 0.717) is 11.3 Å². The van der Waals surface area contributed by atoms with Gasteiger partial charge in [0.2, 0.25) is 5.78 Å². The zero-order chi connectivity index (χ0) is 14.7. The molecular formula is C17H21NO3. The minimum absolute atomic E-state index is 0.0423. The van der Waals surface area contributed by atoms with Gasteiger partial charge in [0.1, 0.15) is 11.5 Å². The fraction of sp³-hybridized carbons (Fsp3) is 0.471. The lowest BCUT2D eigenvalue weighted by Crippen LogP contribution is -2.27. The van der Waals surface area contributed by atoms with Crippen LogP contribution in [0.5, 0.6) is 11.5 Å². The third-order valence-corrected chi connectivity index (χ3v) is 4.24. The quantitative estimate of drug-likeness (QED) is 0.925. The predicted octanol–water partition coefficient (Wildman–Crippen LogP) is 2.67. The van der Waals surface area contributed by atoms with Crippen LogP contribution in [0, 0.1) is 5.92 Å². The standard InChI is InChI=1S/C17H21NO3/c1-20-16-6-5-13-15(19)11-21-17(13)14(16)4-2-3-12-7-9-18-10-8-12/h2,4-6,12,18H,3,7-11H2,1H3/b4-2-. The van der Waals surface area contributed by atoms with Crippen molar-refractivity contribution >= 4 is 11.9 Å². The second-order valence-electron chi connectivity index (χ2n) is 5.60. The number of benzene rings is 1. The number of fused-ring (bicyclic) bond motifs is 1. The van der Waals surface area contributed by atoms with E-state index < -0.39 is 0 Å². The van der Waals surface area contributed by atoms with E-state index in [1.807, 2.05) is 12.1 Å². The lowest BCUT2D eigenvalue weighted by atomic mass is 9.94. The average Bonchev–Trinajstić information content (AvgIpc) is 2.90. The Morgan fingerprint density at radius 1 is 1.38 bits per heavy atom. The largest absolute Gasteiger partial charge is 0.496 e. The summed E-state index contributed by atoms with van der Waals surface area (Å²) in [7, 11) is 1.64. The minimum Gasteiger partial charge on any atom is -0.496 e. The van der Waals surface area contributed by atoms with Crippen molar-refractivity contribution in [1.29, 1.82) is 0 Å². The lowest BCUT2D eigenvalue weighted by molar-refractivity contribution is 0.0961. The van der Waals surface area contributed by atoms with Crippen molar-refractivity contribution in [3.8, 4) is 11.5 Å². The van der Waals surface area contributed by atoms with Gasteiger partial charge in [0.15, 0.2) is 6.61 Å². The van der Waals surface area contributed by atoms with Gasteiger partial charge in [-0.05, 0) is 50.4 Å². The Morgan fingerprint density at radius 3 is 2.95 bits per heavy atom. The Morgan fingerprint density at radius 2 is 2.19 bits per heavy atom. The molecule has 0 saturated carbocycles. The van der Waals surface area contributed by atoms with Gasteiger partial charge in [0, 0.05) is 0 Å². The normalized spacial score (nSPS) is 18.8. The molecule has 0 spiro atoms. The molecule has 2 aliphatic heterocycles. The van der Waals surface area contributed by atoms with Crippen LogP contribution in [0.1, 0.15) is 35.2 Å². The van der Waals surface area contributed by atoms with Gasteiger partial charge < -0.3 is 14.8 Å². The van der Waals surface area contributed by atoms with Crippen molar-refractivity contribution in [3.05, 3.63) is 29.3 Å². The van der Waals surface area contributed by atoms with Crippen molar-refractivity contribution in [2.24, 2.45) is 5.92 Å². The van der Waals surface area contributed by atoms with Crippen molar-refractivity contribution in [2.45, 2.75) is 19.3 Å². The number of hydrogen-bond donors (Lipinski definition) is 1. The van der Waals surface area contributed by atoms with Crippen molar-refractivity contribution in [2.75, 3.05) is 26.8 Å². The molecule has 3 rings (SSSR count). The predicted molar refractivity (Wildman–Crippen MR) is 82.1 cm³/mol. The highest BCUT2D eigenvalue weighted by atomic mass is 16.5. The summed E-state index contributed by atoms with van der Waals surface area (Å²) < 4.78 is 10.9. The van der Waals surface area contributed by atoms with Crippen molar-refractivity contribution in [1.82, 2.24) is 5.32 Å². The molecule has 1 fully saturated rings. The van der Waals surface area contributed by atoms with Crippen molar-refractivity contribution in [3.63, 3.8) is 0 Å². The van der Waals surface area contributed by atoms with E-state index in [4.69, 9.17) is 9.47 Å². The molecule has 0 radical (unpaired) electrons. The maximum Gasteiger partial charge on any atom is 0.203 e. The first kappa shape index (κ1) is 14.1. The number of hydrogen-bond acceptors (Lipinski definition) is 4. The van der Waals surface area contributed by atoms with Gasteiger partial charge in [-0.25, -0.2) is 0 Å². The molecule has 1 N–H and O–H groups in total. The number of piperidine rings is 1. The number of ether oxygens (including phenoxy) is 2. The zero-order valence-electron chi connectivity index (χ0n) is 12.4. The highest BCUT2D eigenvalue weighted by Crippen LogP contribution is 2.37. The van der Waals surface area contributed by atoms with E-state index in [-0.39, 0.29) is 12.4 Å². The number of carbonyl (C=O) groups excluding carboxylic acids is 1. The number of nitrogens with one attached hydrogen (secondary N) is 1. The highest BCUT2D eigenvalue weighted by Gasteiger charge is 2.25. The van der Waals surface area contributed by atoms with Crippen LogP contribution in [0.15, 0.2) is 18.2 Å². The van der Waals surface area contributed by atoms with Crippen LogP contribution in [-0.2, 0) is 0 Å². The number of rotatable bonds is 4. The minimum atomic E-state index is 0.0423. The van der Waals surface area contributed by atoms with E-state index in [1.54, 1.807) is 13.2 Å². The smallest absolute Gasteiger partial charge is 0.203 e. The van der Waals surface area contributed by atoms with Crippen LogP contribution in [0.2, 0.25) is 0 Å². The molecule has 4 nitrogen and oxygen atoms in total. The van der Waals surface area contributed by atoms with Gasteiger partial charge >= 0.3 is 0 Å². The fourth-order valence-corrected chi connectivity index (χ4v) is 3.00. The fourth-order valence-electron chi connectivity index (χ4n) is 3.00. The summed E-state index contributed by atoms with van der Waals surface area (Å²) >= 11 is 0. The number of ketones is 1. The second-order valence-corrected chi connectivity index (χ2v) is 5.60. The number of Topliss-reactive ketones (excluding diaryl/α,β-unsaturated/α-hetero) is 1. The molecule has 1 aromatic rings. The Bertz CT molecular complexity index is 559. The number of allylic oxidation sites excluding steroid dienone is 1. The molecule has 0 bridgehead atoms. The third kappa shape index (κ3) is 2.95. The maximum absolute atomic E-state index is 11.7. The van der Waals surface area contributed by atoms with Crippen LogP contribution < -0.4 is 14.8 Å². The van der Waals surface area contributed by atoms with E-state index in [0.717, 1.165) is 36.7 Å². The van der Waals surface area contributed by atoms with E-state index in [1.165, 1.54) is 12.8 Å². The number of methoxy groups -OCH3 is 1. The Hall–Kier alpha value is -1.81. The van der Waals surface area contributed by atoms with Gasteiger partial charge in [0.05, 0.1) is 18.2 Å². The van der Waals surface area contributed by atoms with Gasteiger partial charge in [-0.2, -0.15) is 0 Å². The molecule has 1 saturated heterocycles. The molecule has 4 heteroatoms. The zero-order valence-corrected chi connectivity index (χ0v) is 12.4. The van der Waals surface area contributed by atoms with Crippen molar-refractivity contribution < 1.29 is 14.3 Å². The van der Waals surface area contributed by atoms with Crippen LogP contribution >= 0.6 is 0 Å². The molecule has 0 aromatic heterocycles. The van der Waals surface area contributed by atoms with E-state index in [9.17, 15) is 4.79 Å². The first-order valence-electron chi connectivity index (χ1n) is 7.54. The summed E-state index contributed by atoms with van der Waals surface area (Å²) in [5.41, 5.74) is 1.55. The molecule has 0 unspecified atom stereocenters. The molecule has 2 aliphatic rings. The summed E-state index contributed by atoms with van der Waals surface area (Å²) in [5, 5.41) is 3.38. The topological polar surface area (TPSA) is 47.6 Å². The summed E-state index contributed by atoms with van der Waals surface area (Å²) in [4.78, 5) is 11.7. The average molecular weight is 287 g/mol. The SMILES string of the molecule is COc1ccc2c(c1/C=C\CC1CCNCC1)OCC2=O. The van der Waals surface area contributed by atoms with Gasteiger partial charge in [-0.3, -0.25) is 4.79 Å². The summed E-state index contributed by atoms with van der Waals surface area (Å²) in [6, 6.07) is 3.63. The molecule has 21 heavy (non-hydrogen) atoms. The van der Waals surface area contributed by atoms with Crippen LogP contribution in [0.3, 0.4) is 0 Å². The molecule has 0 aliphatic carbocycles. The molecule has 0 amide bonds. The molecule has 1 aromatic carbocycles. The summed E-state index contributed by atoms with van der Waals surface area (Å²) in [6.45, 7) is 2.36. The van der Waals surface area contributed by atoms with E-state index in [2.05, 4.69) is 11.4 Å².